The van der Waals surface area contributed by atoms with Crippen molar-refractivity contribution in [3.05, 3.63) is 0 Å². The third-order valence-corrected chi connectivity index (χ3v) is 14.9. The van der Waals surface area contributed by atoms with Gasteiger partial charge >= 0.3 is 29.8 Å². The molecular formula is C55H100O11. The van der Waals surface area contributed by atoms with Gasteiger partial charge in [-0.2, -0.15) is 0 Å². The number of ether oxygens (including phenoxy) is 6. The van der Waals surface area contributed by atoms with Crippen molar-refractivity contribution >= 4 is 29.8 Å². The Hall–Kier alpha value is -2.69. The summed E-state index contributed by atoms with van der Waals surface area (Å²) in [5, 5.41) is 0. The molecule has 11 heteroatoms. The van der Waals surface area contributed by atoms with Gasteiger partial charge in [0.1, 0.15) is 24.4 Å². The van der Waals surface area contributed by atoms with Gasteiger partial charge in [-0.3, -0.25) is 24.0 Å². The summed E-state index contributed by atoms with van der Waals surface area (Å²) in [5.41, 5.74) is 0. The Balaban J connectivity index is 0.000000396. The van der Waals surface area contributed by atoms with Crippen molar-refractivity contribution < 1.29 is 52.4 Å². The third-order valence-electron chi connectivity index (χ3n) is 14.9. The van der Waals surface area contributed by atoms with Crippen molar-refractivity contribution in [3.8, 4) is 0 Å². The molecule has 10 rings (SSSR count). The molecule has 10 aliphatic rings. The second kappa shape index (κ2) is 30.0. The monoisotopic (exact) mass is 937 g/mol. The normalized spacial score (nSPS) is 35.6. The van der Waals surface area contributed by atoms with Crippen LogP contribution in [0.3, 0.4) is 0 Å². The first-order valence-corrected chi connectivity index (χ1v) is 27.1. The van der Waals surface area contributed by atoms with Crippen molar-refractivity contribution in [1.29, 1.82) is 0 Å². The molecule has 7 heterocycles. The Bertz CT molecular complexity index is 1390. The second-order valence-electron chi connectivity index (χ2n) is 20.0. The number of esters is 5. The molecule has 3 saturated carbocycles. The van der Waals surface area contributed by atoms with Gasteiger partial charge in [0.05, 0.1) is 49.4 Å². The highest BCUT2D eigenvalue weighted by atomic mass is 16.6. The van der Waals surface area contributed by atoms with Gasteiger partial charge in [-0.05, 0) is 86.4 Å². The average molecular weight is 937 g/mol. The molecule has 7 aliphatic heterocycles. The summed E-state index contributed by atoms with van der Waals surface area (Å²) in [7, 11) is 0. The number of rotatable bonds is 5. The number of carbonyl (C=O) groups is 5. The molecule has 10 fully saturated rings. The lowest BCUT2D eigenvalue weighted by molar-refractivity contribution is -0.145. The summed E-state index contributed by atoms with van der Waals surface area (Å²) in [6.07, 6.45) is 8.99. The fourth-order valence-electron chi connectivity index (χ4n) is 11.6. The molecule has 6 bridgehead atoms. The molecule has 7 saturated heterocycles. The SMILES string of the molecule is CC.CC.CC.CC.CC.CC(C)C1C2CC3C(=O)OC1C3C2.CC(C)C1C2CC3C(=O)OC1C3O2.CC(C)C1CCC2CC1OC2=O.CC(C)C1CCOC1=O.CC(C)C1COC(=O)C1. The summed E-state index contributed by atoms with van der Waals surface area (Å²) in [6, 6.07) is 0. The highest BCUT2D eigenvalue weighted by Gasteiger charge is 2.64. The highest BCUT2D eigenvalue weighted by Crippen LogP contribution is 2.59. The molecule has 0 spiro atoms. The lowest BCUT2D eigenvalue weighted by atomic mass is 9.77. The zero-order valence-corrected chi connectivity index (χ0v) is 45.6. The van der Waals surface area contributed by atoms with Gasteiger partial charge in [-0.25, -0.2) is 0 Å². The molecule has 15 atom stereocenters. The van der Waals surface area contributed by atoms with E-state index < -0.39 is 0 Å². The lowest BCUT2D eigenvalue weighted by Gasteiger charge is -2.28. The van der Waals surface area contributed by atoms with Gasteiger partial charge in [0.25, 0.3) is 0 Å². The van der Waals surface area contributed by atoms with Crippen LogP contribution in [-0.2, 0) is 52.4 Å². The summed E-state index contributed by atoms with van der Waals surface area (Å²) >= 11 is 0. The van der Waals surface area contributed by atoms with E-state index in [4.69, 9.17) is 28.4 Å². The molecule has 11 nitrogen and oxygen atoms in total. The average Bonchev–Trinajstić information content (AvgIpc) is 4.20. The van der Waals surface area contributed by atoms with E-state index >= 15 is 0 Å². The number of hydrogen-bond acceptors (Lipinski definition) is 11. The zero-order valence-electron chi connectivity index (χ0n) is 45.6. The van der Waals surface area contributed by atoms with Crippen molar-refractivity contribution in [1.82, 2.24) is 0 Å². The van der Waals surface area contributed by atoms with Crippen LogP contribution in [0.15, 0.2) is 0 Å². The minimum atomic E-state index is -0.0336. The summed E-state index contributed by atoms with van der Waals surface area (Å²) in [4.78, 5) is 55.3. The van der Waals surface area contributed by atoms with E-state index in [-0.39, 0.29) is 84.0 Å². The first-order chi connectivity index (χ1) is 31.5. The van der Waals surface area contributed by atoms with E-state index in [9.17, 15) is 24.0 Å². The smallest absolute Gasteiger partial charge is 0.312 e. The van der Waals surface area contributed by atoms with Crippen LogP contribution in [-0.4, -0.2) is 73.6 Å². The molecule has 0 amide bonds. The van der Waals surface area contributed by atoms with Crippen molar-refractivity contribution in [2.45, 2.75) is 220 Å². The Morgan fingerprint density at radius 3 is 1.50 bits per heavy atom. The molecule has 3 aliphatic carbocycles. The van der Waals surface area contributed by atoms with Crippen LogP contribution in [0.1, 0.15) is 190 Å². The van der Waals surface area contributed by atoms with Crippen LogP contribution in [0, 0.1) is 88.8 Å². The lowest BCUT2D eigenvalue weighted by Crippen LogP contribution is -2.34. The van der Waals surface area contributed by atoms with E-state index in [0.29, 0.717) is 78.8 Å². The minimum Gasteiger partial charge on any atom is -0.465 e. The van der Waals surface area contributed by atoms with Crippen molar-refractivity contribution in [2.24, 2.45) is 88.8 Å². The molecule has 386 valence electrons. The standard InChI is InChI=1S/C11H16O2.C10H14O3.C10H16O2.2C7H12O2.5C2H6/c1-5(2)9-6-3-7-8(4-6)11(12)13-10(7)9;1-4(2)7-6-3-5-8(12-6)9(7)13-10(5)11;1-6(2)8-4-3-7-5-9(8)12-10(7)11;1-5(2)6-3-7(8)9-4-6;1-5(2)6-3-4-9-7(6)8;5*1-2/h5-10H,3-4H2,1-2H3;4-9H,3H2,1-2H3;6-9H,3-5H2,1-2H3;2*5-6H,3-4H2,1-2H3;5*1-2H3. The van der Waals surface area contributed by atoms with Gasteiger partial charge in [0.2, 0.25) is 0 Å². The molecular weight excluding hydrogens is 837 g/mol. The van der Waals surface area contributed by atoms with Gasteiger partial charge in [-0.15, -0.1) is 0 Å². The maximum atomic E-state index is 11.4. The van der Waals surface area contributed by atoms with E-state index in [2.05, 4.69) is 69.2 Å². The zero-order chi connectivity index (χ0) is 50.7. The van der Waals surface area contributed by atoms with Crippen LogP contribution >= 0.6 is 0 Å². The Morgan fingerprint density at radius 2 is 1.05 bits per heavy atom. The van der Waals surface area contributed by atoms with Gasteiger partial charge in [0, 0.05) is 23.7 Å². The first kappa shape index (κ1) is 61.3. The van der Waals surface area contributed by atoms with E-state index in [0.717, 1.165) is 38.0 Å². The van der Waals surface area contributed by atoms with Crippen LogP contribution in [0.25, 0.3) is 0 Å². The molecule has 0 aromatic rings. The summed E-state index contributed by atoms with van der Waals surface area (Å²) < 4.78 is 31.5. The predicted octanol–water partition coefficient (Wildman–Crippen LogP) is 12.3. The molecule has 66 heavy (non-hydrogen) atoms. The largest absolute Gasteiger partial charge is 0.465 e. The molecule has 0 aromatic heterocycles. The second-order valence-corrected chi connectivity index (χ2v) is 20.0. The van der Waals surface area contributed by atoms with E-state index in [1.54, 1.807) is 0 Å². The Kier molecular flexibility index (Phi) is 27.9. The maximum Gasteiger partial charge on any atom is 0.312 e. The van der Waals surface area contributed by atoms with E-state index in [1.807, 2.05) is 69.2 Å². The van der Waals surface area contributed by atoms with Gasteiger partial charge < -0.3 is 28.4 Å². The molecule has 15 unspecified atom stereocenters. The first-order valence-electron chi connectivity index (χ1n) is 27.1. The fourth-order valence-corrected chi connectivity index (χ4v) is 11.6. The molecule has 0 radical (unpaired) electrons. The van der Waals surface area contributed by atoms with Crippen molar-refractivity contribution in [3.63, 3.8) is 0 Å². The number of cyclic esters (lactones) is 2. The summed E-state index contributed by atoms with van der Waals surface area (Å²) in [6.45, 7) is 42.9. The summed E-state index contributed by atoms with van der Waals surface area (Å²) in [5.74, 6) is 7.30. The Morgan fingerprint density at radius 1 is 0.470 bits per heavy atom. The number of hydrogen-bond donors (Lipinski definition) is 0. The predicted molar refractivity (Wildman–Crippen MR) is 263 cm³/mol. The topological polar surface area (TPSA) is 141 Å². The Labute approximate surface area is 403 Å². The molecule has 0 N–H and O–H groups in total. The van der Waals surface area contributed by atoms with Crippen LogP contribution in [0.2, 0.25) is 0 Å². The molecule has 0 aromatic carbocycles. The van der Waals surface area contributed by atoms with Gasteiger partial charge in [-0.1, -0.05) is 138 Å². The van der Waals surface area contributed by atoms with Gasteiger partial charge in [0.15, 0.2) is 0 Å². The quantitative estimate of drug-likeness (QED) is 0.192. The van der Waals surface area contributed by atoms with Crippen LogP contribution < -0.4 is 0 Å². The number of fused-ring (bicyclic) bond motifs is 4. The highest BCUT2D eigenvalue weighted by molar-refractivity contribution is 5.77. The third kappa shape index (κ3) is 15.2. The van der Waals surface area contributed by atoms with Crippen LogP contribution in [0.5, 0.6) is 0 Å². The van der Waals surface area contributed by atoms with Crippen LogP contribution in [0.4, 0.5) is 0 Å². The minimum absolute atomic E-state index is 0.00926. The number of carbonyl (C=O) groups excluding carboxylic acids is 5. The van der Waals surface area contributed by atoms with Crippen molar-refractivity contribution in [2.75, 3.05) is 13.2 Å². The fraction of sp³-hybridized carbons (Fsp3) is 0.909. The van der Waals surface area contributed by atoms with E-state index in [1.165, 1.54) is 12.8 Å². The maximum absolute atomic E-state index is 11.4.